The monoisotopic (exact) mass is 314 g/mol. The fraction of sp³-hybridized carbons (Fsp3) is 0.533. The van der Waals surface area contributed by atoms with E-state index in [1.165, 1.54) is 6.07 Å². The van der Waals surface area contributed by atoms with E-state index in [1.54, 1.807) is 6.92 Å². The van der Waals surface area contributed by atoms with Gasteiger partial charge in [0, 0.05) is 19.2 Å². The molecule has 1 aliphatic rings. The molecule has 0 saturated carbocycles. The van der Waals surface area contributed by atoms with Gasteiger partial charge in [-0.2, -0.15) is 0 Å². The molecule has 0 aliphatic carbocycles. The largest absolute Gasteiger partial charge is 0.488 e. The van der Waals surface area contributed by atoms with Gasteiger partial charge in [0.15, 0.2) is 11.6 Å². The van der Waals surface area contributed by atoms with Gasteiger partial charge in [-0.3, -0.25) is 0 Å². The van der Waals surface area contributed by atoms with Crippen LogP contribution in [0.4, 0.5) is 13.6 Å². The van der Waals surface area contributed by atoms with Gasteiger partial charge in [-0.25, -0.2) is 13.6 Å². The third-order valence-corrected chi connectivity index (χ3v) is 3.27. The van der Waals surface area contributed by atoms with E-state index >= 15 is 0 Å². The minimum absolute atomic E-state index is 0.0465. The molecule has 2 N–H and O–H groups in total. The van der Waals surface area contributed by atoms with Crippen LogP contribution in [0.3, 0.4) is 0 Å². The molecule has 122 valence electrons. The lowest BCUT2D eigenvalue weighted by molar-refractivity contribution is 0.111. The van der Waals surface area contributed by atoms with Crippen LogP contribution < -0.4 is 15.4 Å². The number of urea groups is 1. The molecule has 2 rings (SSSR count). The maximum atomic E-state index is 13.4. The zero-order chi connectivity index (χ0) is 15.9. The molecule has 5 nitrogen and oxygen atoms in total. The van der Waals surface area contributed by atoms with Gasteiger partial charge in [-0.05, 0) is 31.9 Å². The highest BCUT2D eigenvalue weighted by molar-refractivity contribution is 5.74. The highest BCUT2D eigenvalue weighted by Gasteiger charge is 2.17. The molecule has 0 aromatic heterocycles. The molecule has 1 heterocycles. The molecule has 2 amide bonds. The van der Waals surface area contributed by atoms with Crippen LogP contribution in [-0.2, 0) is 4.74 Å². The fourth-order valence-electron chi connectivity index (χ4n) is 2.14. The van der Waals surface area contributed by atoms with Crippen molar-refractivity contribution in [3.8, 4) is 5.75 Å². The van der Waals surface area contributed by atoms with Crippen molar-refractivity contribution in [2.24, 2.45) is 0 Å². The third-order valence-electron chi connectivity index (χ3n) is 3.27. The van der Waals surface area contributed by atoms with E-state index in [1.807, 2.05) is 0 Å². The number of carbonyl (C=O) groups excluding carboxylic acids is 1. The molecule has 0 radical (unpaired) electrons. The average Bonchev–Trinajstić information content (AvgIpc) is 2.97. The maximum Gasteiger partial charge on any atom is 0.315 e. The first-order valence-corrected chi connectivity index (χ1v) is 7.28. The van der Waals surface area contributed by atoms with E-state index in [-0.39, 0.29) is 30.5 Å². The van der Waals surface area contributed by atoms with Gasteiger partial charge in [0.25, 0.3) is 0 Å². The molecule has 1 aliphatic heterocycles. The maximum absolute atomic E-state index is 13.4. The number of hydrogen-bond acceptors (Lipinski definition) is 3. The van der Waals surface area contributed by atoms with Crippen molar-refractivity contribution < 1.29 is 23.0 Å². The van der Waals surface area contributed by atoms with E-state index in [2.05, 4.69) is 10.6 Å². The summed E-state index contributed by atoms with van der Waals surface area (Å²) in [6.45, 7) is 3.01. The summed E-state index contributed by atoms with van der Waals surface area (Å²) in [7, 11) is 0. The molecule has 22 heavy (non-hydrogen) atoms. The third kappa shape index (κ3) is 5.14. The number of amides is 2. The van der Waals surface area contributed by atoms with Crippen LogP contribution in [0.1, 0.15) is 19.8 Å². The minimum atomic E-state index is -0.768. The number of halogens is 2. The van der Waals surface area contributed by atoms with Gasteiger partial charge in [0.05, 0.1) is 12.1 Å². The SMILES string of the molecule is CC(COc1ccc(F)cc1F)NC(=O)NCC1CCCO1. The second-order valence-corrected chi connectivity index (χ2v) is 5.28. The van der Waals surface area contributed by atoms with Gasteiger partial charge in [0.1, 0.15) is 12.4 Å². The molecule has 2 unspecified atom stereocenters. The zero-order valence-corrected chi connectivity index (χ0v) is 12.4. The van der Waals surface area contributed by atoms with E-state index in [0.29, 0.717) is 6.54 Å². The number of rotatable bonds is 6. The van der Waals surface area contributed by atoms with Gasteiger partial charge in [0.2, 0.25) is 0 Å². The van der Waals surface area contributed by atoms with Gasteiger partial charge >= 0.3 is 6.03 Å². The number of ether oxygens (including phenoxy) is 2. The second kappa shape index (κ2) is 7.93. The van der Waals surface area contributed by atoms with Crippen LogP contribution in [0, 0.1) is 11.6 Å². The summed E-state index contributed by atoms with van der Waals surface area (Å²) in [5.74, 6) is -1.48. The predicted molar refractivity (Wildman–Crippen MR) is 76.8 cm³/mol. The number of benzene rings is 1. The molecule has 0 spiro atoms. The normalized spacial score (nSPS) is 18.8. The molecule has 2 atom stereocenters. The fourth-order valence-corrected chi connectivity index (χ4v) is 2.14. The van der Waals surface area contributed by atoms with E-state index in [0.717, 1.165) is 31.6 Å². The molecule has 7 heteroatoms. The number of carbonyl (C=O) groups is 1. The molecule has 0 bridgehead atoms. The molecule has 1 saturated heterocycles. The van der Waals surface area contributed by atoms with Crippen molar-refractivity contribution in [2.75, 3.05) is 19.8 Å². The summed E-state index contributed by atoms with van der Waals surface area (Å²) in [6, 6.07) is 2.43. The Kier molecular flexibility index (Phi) is 5.94. The summed E-state index contributed by atoms with van der Waals surface area (Å²) >= 11 is 0. The van der Waals surface area contributed by atoms with Gasteiger partial charge in [-0.15, -0.1) is 0 Å². The lowest BCUT2D eigenvalue weighted by Crippen LogP contribution is -2.45. The molecule has 1 aromatic rings. The Hall–Kier alpha value is -1.89. The van der Waals surface area contributed by atoms with Crippen LogP contribution in [0.2, 0.25) is 0 Å². The van der Waals surface area contributed by atoms with Crippen molar-refractivity contribution >= 4 is 6.03 Å². The Bertz CT molecular complexity index is 508. The quantitative estimate of drug-likeness (QED) is 0.846. The average molecular weight is 314 g/mol. The van der Waals surface area contributed by atoms with Crippen LogP contribution in [0.5, 0.6) is 5.75 Å². The standard InChI is InChI=1S/C15H20F2N2O3/c1-10(9-22-14-5-4-11(16)7-13(14)17)19-15(20)18-8-12-3-2-6-21-12/h4-5,7,10,12H,2-3,6,8-9H2,1H3,(H2,18,19,20). The first kappa shape index (κ1) is 16.5. The van der Waals surface area contributed by atoms with Crippen LogP contribution >= 0.6 is 0 Å². The predicted octanol–water partition coefficient (Wildman–Crippen LogP) is 2.21. The van der Waals surface area contributed by atoms with Crippen molar-refractivity contribution in [2.45, 2.75) is 31.9 Å². The summed E-state index contributed by atoms with van der Waals surface area (Å²) in [5, 5.41) is 5.40. The zero-order valence-electron chi connectivity index (χ0n) is 12.4. The van der Waals surface area contributed by atoms with Crippen molar-refractivity contribution in [1.29, 1.82) is 0 Å². The molecular weight excluding hydrogens is 294 g/mol. The Morgan fingerprint density at radius 1 is 1.50 bits per heavy atom. The lowest BCUT2D eigenvalue weighted by atomic mass is 10.2. The molecular formula is C15H20F2N2O3. The van der Waals surface area contributed by atoms with E-state index in [9.17, 15) is 13.6 Å². The molecule has 1 fully saturated rings. The van der Waals surface area contributed by atoms with Crippen LogP contribution in [-0.4, -0.2) is 37.9 Å². The van der Waals surface area contributed by atoms with E-state index < -0.39 is 11.6 Å². The van der Waals surface area contributed by atoms with Gasteiger partial charge < -0.3 is 20.1 Å². The van der Waals surface area contributed by atoms with Crippen molar-refractivity contribution in [1.82, 2.24) is 10.6 Å². The highest BCUT2D eigenvalue weighted by atomic mass is 19.1. The first-order valence-electron chi connectivity index (χ1n) is 7.28. The minimum Gasteiger partial charge on any atom is -0.488 e. The number of nitrogens with one attached hydrogen (secondary N) is 2. The van der Waals surface area contributed by atoms with Crippen LogP contribution in [0.15, 0.2) is 18.2 Å². The van der Waals surface area contributed by atoms with Crippen molar-refractivity contribution in [3.05, 3.63) is 29.8 Å². The van der Waals surface area contributed by atoms with Crippen LogP contribution in [0.25, 0.3) is 0 Å². The molecule has 1 aromatic carbocycles. The Morgan fingerprint density at radius 3 is 3.00 bits per heavy atom. The van der Waals surface area contributed by atoms with Gasteiger partial charge in [-0.1, -0.05) is 0 Å². The Labute approximate surface area is 128 Å². The first-order chi connectivity index (χ1) is 10.5. The number of hydrogen-bond donors (Lipinski definition) is 2. The van der Waals surface area contributed by atoms with E-state index in [4.69, 9.17) is 9.47 Å². The lowest BCUT2D eigenvalue weighted by Gasteiger charge is -2.17. The summed E-state index contributed by atoms with van der Waals surface area (Å²) in [6.07, 6.45) is 2.04. The topological polar surface area (TPSA) is 59.6 Å². The smallest absolute Gasteiger partial charge is 0.315 e. The highest BCUT2D eigenvalue weighted by Crippen LogP contribution is 2.17. The summed E-state index contributed by atoms with van der Waals surface area (Å²) in [4.78, 5) is 11.7. The Balaban J connectivity index is 1.68. The Morgan fingerprint density at radius 2 is 2.32 bits per heavy atom. The summed E-state index contributed by atoms with van der Waals surface area (Å²) in [5.41, 5.74) is 0. The summed E-state index contributed by atoms with van der Waals surface area (Å²) < 4.78 is 36.8. The second-order valence-electron chi connectivity index (χ2n) is 5.28. The van der Waals surface area contributed by atoms with Crippen molar-refractivity contribution in [3.63, 3.8) is 0 Å².